The Labute approximate surface area is 135 Å². The molecule has 22 heavy (non-hydrogen) atoms. The van der Waals surface area contributed by atoms with Crippen LogP contribution in [0.4, 0.5) is 0 Å². The number of pyridine rings is 1. The molecule has 0 N–H and O–H groups in total. The third kappa shape index (κ3) is 5.84. The molecule has 2 aromatic rings. The van der Waals surface area contributed by atoms with E-state index in [1.807, 2.05) is 30.3 Å². The summed E-state index contributed by atoms with van der Waals surface area (Å²) in [6.07, 6.45) is 5.14. The summed E-state index contributed by atoms with van der Waals surface area (Å²) >= 11 is 6.00. The van der Waals surface area contributed by atoms with E-state index in [2.05, 4.69) is 4.98 Å². The van der Waals surface area contributed by atoms with E-state index in [1.54, 1.807) is 18.5 Å². The average molecular weight is 320 g/mol. The van der Waals surface area contributed by atoms with E-state index in [0.29, 0.717) is 18.2 Å². The molecular formula is C17H18ClNO3. The van der Waals surface area contributed by atoms with Gasteiger partial charge in [-0.3, -0.25) is 4.98 Å². The molecule has 0 aliphatic heterocycles. The molecule has 0 amide bonds. The molecule has 0 unspecified atom stereocenters. The number of rotatable bonds is 8. The lowest BCUT2D eigenvalue weighted by molar-refractivity contribution is -0.149. The molecule has 0 saturated carbocycles. The molecule has 0 aliphatic carbocycles. The van der Waals surface area contributed by atoms with Gasteiger partial charge in [0.15, 0.2) is 0 Å². The zero-order valence-corrected chi connectivity index (χ0v) is 13.0. The SMILES string of the molecule is O=C(COCc1ccccc1Cl)OCCCc1ccncc1. The van der Waals surface area contributed by atoms with Crippen LogP contribution in [0.3, 0.4) is 0 Å². The summed E-state index contributed by atoms with van der Waals surface area (Å²) in [5, 5.41) is 0.633. The van der Waals surface area contributed by atoms with Crippen molar-refractivity contribution in [1.29, 1.82) is 0 Å². The minimum Gasteiger partial charge on any atom is -0.464 e. The Balaban J connectivity index is 1.57. The fourth-order valence-electron chi connectivity index (χ4n) is 1.91. The number of ether oxygens (including phenoxy) is 2. The van der Waals surface area contributed by atoms with Crippen LogP contribution in [0.25, 0.3) is 0 Å². The van der Waals surface area contributed by atoms with Gasteiger partial charge >= 0.3 is 5.97 Å². The van der Waals surface area contributed by atoms with Crippen molar-refractivity contribution in [3.05, 3.63) is 64.9 Å². The molecule has 0 aliphatic rings. The zero-order chi connectivity index (χ0) is 15.6. The molecule has 116 valence electrons. The van der Waals surface area contributed by atoms with E-state index >= 15 is 0 Å². The molecule has 0 fully saturated rings. The maximum atomic E-state index is 11.5. The summed E-state index contributed by atoms with van der Waals surface area (Å²) in [4.78, 5) is 15.5. The number of nitrogens with zero attached hydrogens (tertiary/aromatic N) is 1. The smallest absolute Gasteiger partial charge is 0.332 e. The Hall–Kier alpha value is -1.91. The van der Waals surface area contributed by atoms with Crippen molar-refractivity contribution in [2.45, 2.75) is 19.4 Å². The lowest BCUT2D eigenvalue weighted by atomic mass is 10.1. The summed E-state index contributed by atoms with van der Waals surface area (Å²) in [6, 6.07) is 11.3. The van der Waals surface area contributed by atoms with Gasteiger partial charge in [0.25, 0.3) is 0 Å². The van der Waals surface area contributed by atoms with Gasteiger partial charge in [0, 0.05) is 17.4 Å². The van der Waals surface area contributed by atoms with Crippen LogP contribution in [0.2, 0.25) is 5.02 Å². The highest BCUT2D eigenvalue weighted by Crippen LogP contribution is 2.15. The van der Waals surface area contributed by atoms with Crippen molar-refractivity contribution >= 4 is 17.6 Å². The van der Waals surface area contributed by atoms with Crippen LogP contribution in [0, 0.1) is 0 Å². The summed E-state index contributed by atoms with van der Waals surface area (Å²) < 4.78 is 10.4. The van der Waals surface area contributed by atoms with E-state index in [0.717, 1.165) is 18.4 Å². The first-order chi connectivity index (χ1) is 10.8. The Morgan fingerprint density at radius 1 is 1.14 bits per heavy atom. The van der Waals surface area contributed by atoms with Crippen LogP contribution >= 0.6 is 11.6 Å². The van der Waals surface area contributed by atoms with Gasteiger partial charge in [-0.05, 0) is 42.2 Å². The van der Waals surface area contributed by atoms with E-state index in [1.165, 1.54) is 5.56 Å². The highest BCUT2D eigenvalue weighted by Gasteiger charge is 2.05. The molecule has 1 aromatic heterocycles. The van der Waals surface area contributed by atoms with Crippen molar-refractivity contribution < 1.29 is 14.3 Å². The number of halogens is 1. The van der Waals surface area contributed by atoms with Gasteiger partial charge in [0.05, 0.1) is 13.2 Å². The van der Waals surface area contributed by atoms with Crippen molar-refractivity contribution in [3.8, 4) is 0 Å². The van der Waals surface area contributed by atoms with Gasteiger partial charge in [-0.25, -0.2) is 4.79 Å². The lowest BCUT2D eigenvalue weighted by Crippen LogP contribution is -2.13. The number of aryl methyl sites for hydroxylation is 1. The summed E-state index contributed by atoms with van der Waals surface area (Å²) in [5.74, 6) is -0.359. The molecule has 2 rings (SSSR count). The Morgan fingerprint density at radius 2 is 1.91 bits per heavy atom. The van der Waals surface area contributed by atoms with Crippen LogP contribution in [-0.2, 0) is 27.3 Å². The van der Waals surface area contributed by atoms with Gasteiger partial charge in [-0.2, -0.15) is 0 Å². The predicted molar refractivity (Wildman–Crippen MR) is 84.6 cm³/mol. The second-order valence-corrected chi connectivity index (χ2v) is 5.17. The molecule has 1 heterocycles. The molecule has 4 nitrogen and oxygen atoms in total. The molecule has 0 atom stereocenters. The van der Waals surface area contributed by atoms with Crippen LogP contribution in [-0.4, -0.2) is 24.2 Å². The Bertz CT molecular complexity index is 589. The first-order valence-electron chi connectivity index (χ1n) is 7.11. The number of aromatic nitrogens is 1. The summed E-state index contributed by atoms with van der Waals surface area (Å²) in [5.41, 5.74) is 2.04. The molecule has 0 bridgehead atoms. The summed E-state index contributed by atoms with van der Waals surface area (Å²) in [6.45, 7) is 0.614. The van der Waals surface area contributed by atoms with Gasteiger partial charge in [-0.1, -0.05) is 29.8 Å². The maximum Gasteiger partial charge on any atom is 0.332 e. The van der Waals surface area contributed by atoms with E-state index in [9.17, 15) is 4.79 Å². The molecule has 5 heteroatoms. The van der Waals surface area contributed by atoms with Gasteiger partial charge in [0.1, 0.15) is 6.61 Å². The number of benzene rings is 1. The quantitative estimate of drug-likeness (QED) is 0.552. The maximum absolute atomic E-state index is 11.5. The molecule has 0 radical (unpaired) electrons. The topological polar surface area (TPSA) is 48.4 Å². The Kier molecular flexibility index (Phi) is 6.87. The molecule has 0 saturated heterocycles. The number of hydrogen-bond acceptors (Lipinski definition) is 4. The molecule has 0 spiro atoms. The van der Waals surface area contributed by atoms with Gasteiger partial charge < -0.3 is 9.47 Å². The van der Waals surface area contributed by atoms with Crippen molar-refractivity contribution in [2.24, 2.45) is 0 Å². The van der Waals surface area contributed by atoms with Crippen LogP contribution in [0.1, 0.15) is 17.5 Å². The van der Waals surface area contributed by atoms with E-state index < -0.39 is 0 Å². The second kappa shape index (κ2) is 9.18. The van der Waals surface area contributed by atoms with Gasteiger partial charge in [-0.15, -0.1) is 0 Å². The van der Waals surface area contributed by atoms with Crippen LogP contribution < -0.4 is 0 Å². The predicted octanol–water partition coefficient (Wildman–Crippen LogP) is 3.43. The Morgan fingerprint density at radius 3 is 2.68 bits per heavy atom. The lowest BCUT2D eigenvalue weighted by Gasteiger charge is -2.07. The number of hydrogen-bond donors (Lipinski definition) is 0. The largest absolute Gasteiger partial charge is 0.464 e. The number of carbonyl (C=O) groups excluding carboxylic acids is 1. The fraction of sp³-hybridized carbons (Fsp3) is 0.294. The second-order valence-electron chi connectivity index (χ2n) is 4.76. The van der Waals surface area contributed by atoms with Gasteiger partial charge in [0.2, 0.25) is 0 Å². The molecular weight excluding hydrogens is 302 g/mol. The van der Waals surface area contributed by atoms with E-state index in [-0.39, 0.29) is 12.6 Å². The number of esters is 1. The monoisotopic (exact) mass is 319 g/mol. The first-order valence-corrected chi connectivity index (χ1v) is 7.49. The standard InChI is InChI=1S/C17H18ClNO3/c18-16-6-2-1-5-15(16)12-21-13-17(20)22-11-3-4-14-7-9-19-10-8-14/h1-2,5-10H,3-4,11-13H2. The minimum absolute atomic E-state index is 0.0690. The van der Waals surface area contributed by atoms with Crippen molar-refractivity contribution in [1.82, 2.24) is 4.98 Å². The van der Waals surface area contributed by atoms with Crippen LogP contribution in [0.5, 0.6) is 0 Å². The van der Waals surface area contributed by atoms with Crippen molar-refractivity contribution in [2.75, 3.05) is 13.2 Å². The third-order valence-corrected chi connectivity index (χ3v) is 3.43. The van der Waals surface area contributed by atoms with Crippen LogP contribution in [0.15, 0.2) is 48.8 Å². The number of carbonyl (C=O) groups is 1. The zero-order valence-electron chi connectivity index (χ0n) is 12.2. The van der Waals surface area contributed by atoms with E-state index in [4.69, 9.17) is 21.1 Å². The van der Waals surface area contributed by atoms with Crippen molar-refractivity contribution in [3.63, 3.8) is 0 Å². The summed E-state index contributed by atoms with van der Waals surface area (Å²) in [7, 11) is 0. The highest BCUT2D eigenvalue weighted by atomic mass is 35.5. The minimum atomic E-state index is -0.359. The molecule has 1 aromatic carbocycles. The average Bonchev–Trinajstić information content (AvgIpc) is 2.54. The first kappa shape index (κ1) is 16.5. The third-order valence-electron chi connectivity index (χ3n) is 3.06. The highest BCUT2D eigenvalue weighted by molar-refractivity contribution is 6.31. The normalized spacial score (nSPS) is 10.4. The fourth-order valence-corrected chi connectivity index (χ4v) is 2.10.